The minimum absolute atomic E-state index is 0.0164. The van der Waals surface area contributed by atoms with Crippen molar-refractivity contribution in [1.82, 2.24) is 0 Å². The fraction of sp³-hybridized carbons (Fsp3) is 0.538. The maximum atomic E-state index is 10.7. The van der Waals surface area contributed by atoms with Gasteiger partial charge in [-0.1, -0.05) is 0 Å². The monoisotopic (exact) mass is 283 g/mol. The van der Waals surface area contributed by atoms with Crippen molar-refractivity contribution >= 4 is 17.1 Å². The first-order valence-corrected chi connectivity index (χ1v) is 6.29. The number of benzene rings is 1. The lowest BCUT2D eigenvalue weighted by Gasteiger charge is -2.31. The van der Waals surface area contributed by atoms with Crippen molar-refractivity contribution in [1.29, 1.82) is 0 Å². The number of nitrogens with two attached hydrogens (primary N) is 1. The van der Waals surface area contributed by atoms with Gasteiger partial charge >= 0.3 is 0 Å². The average Bonchev–Trinajstić information content (AvgIpc) is 2.40. The molecule has 0 amide bonds. The van der Waals surface area contributed by atoms with Crippen molar-refractivity contribution in [3.05, 3.63) is 28.3 Å². The summed E-state index contributed by atoms with van der Waals surface area (Å²) in [6.07, 6.45) is 0. The fourth-order valence-electron chi connectivity index (χ4n) is 2.02. The molecule has 0 radical (unpaired) electrons. The molecule has 0 saturated heterocycles. The number of nitrogen functional groups attached to an aromatic ring is 1. The molecule has 0 saturated carbocycles. The molecular formula is C13H21N3O4. The summed E-state index contributed by atoms with van der Waals surface area (Å²) in [5, 5.41) is 10.7. The standard InChI is InChI=1S/C13H21N3O4/c1-10(9-20-3)15(6-7-19-2)13-5-4-11(16(17)18)8-12(13)14/h4-5,8,10H,6-7,9,14H2,1-3H3. The Hall–Kier alpha value is -1.86. The fourth-order valence-corrected chi connectivity index (χ4v) is 2.02. The molecule has 0 aliphatic rings. The van der Waals surface area contributed by atoms with Crippen molar-refractivity contribution in [3.8, 4) is 0 Å². The van der Waals surface area contributed by atoms with Crippen LogP contribution in [0.15, 0.2) is 18.2 Å². The Labute approximate surface area is 118 Å². The van der Waals surface area contributed by atoms with Crippen molar-refractivity contribution in [3.63, 3.8) is 0 Å². The Morgan fingerprint density at radius 1 is 1.40 bits per heavy atom. The van der Waals surface area contributed by atoms with E-state index in [0.29, 0.717) is 25.4 Å². The Kier molecular flexibility index (Phi) is 6.20. The Morgan fingerprint density at radius 2 is 2.10 bits per heavy atom. The largest absolute Gasteiger partial charge is 0.397 e. The first-order valence-electron chi connectivity index (χ1n) is 6.29. The van der Waals surface area contributed by atoms with Crippen LogP contribution >= 0.6 is 0 Å². The highest BCUT2D eigenvalue weighted by molar-refractivity contribution is 5.71. The van der Waals surface area contributed by atoms with Crippen molar-refractivity contribution in [2.45, 2.75) is 13.0 Å². The summed E-state index contributed by atoms with van der Waals surface area (Å²) in [6.45, 7) is 3.69. The number of nitro benzene ring substituents is 1. The number of rotatable bonds is 8. The van der Waals surface area contributed by atoms with Gasteiger partial charge in [-0.25, -0.2) is 0 Å². The summed E-state index contributed by atoms with van der Waals surface area (Å²) >= 11 is 0. The van der Waals surface area contributed by atoms with E-state index in [0.717, 1.165) is 5.69 Å². The predicted octanol–water partition coefficient (Wildman–Crippen LogP) is 1.66. The molecule has 1 atom stereocenters. The van der Waals surface area contributed by atoms with Gasteiger partial charge in [0.1, 0.15) is 0 Å². The quantitative estimate of drug-likeness (QED) is 0.443. The van der Waals surface area contributed by atoms with E-state index < -0.39 is 4.92 Å². The van der Waals surface area contributed by atoms with E-state index in [-0.39, 0.29) is 11.7 Å². The third kappa shape index (κ3) is 4.07. The SMILES string of the molecule is COCCN(c1ccc([N+](=O)[O-])cc1N)C(C)COC. The molecule has 7 nitrogen and oxygen atoms in total. The van der Waals surface area contributed by atoms with Crippen molar-refractivity contribution in [2.24, 2.45) is 0 Å². The minimum Gasteiger partial charge on any atom is -0.397 e. The molecule has 0 fully saturated rings. The van der Waals surface area contributed by atoms with Crippen LogP contribution in [0, 0.1) is 10.1 Å². The van der Waals surface area contributed by atoms with Gasteiger partial charge in [-0.15, -0.1) is 0 Å². The lowest BCUT2D eigenvalue weighted by molar-refractivity contribution is -0.384. The van der Waals surface area contributed by atoms with Crippen LogP contribution in [-0.4, -0.2) is 44.9 Å². The maximum Gasteiger partial charge on any atom is 0.271 e. The van der Waals surface area contributed by atoms with E-state index in [1.807, 2.05) is 11.8 Å². The number of non-ortho nitro benzene ring substituents is 1. The summed E-state index contributed by atoms with van der Waals surface area (Å²) in [7, 11) is 3.25. The van der Waals surface area contributed by atoms with E-state index in [2.05, 4.69) is 0 Å². The summed E-state index contributed by atoms with van der Waals surface area (Å²) in [6, 6.07) is 4.56. The van der Waals surface area contributed by atoms with Gasteiger partial charge in [0.15, 0.2) is 0 Å². The number of hydrogen-bond donors (Lipinski definition) is 1. The van der Waals surface area contributed by atoms with Crippen LogP contribution in [-0.2, 0) is 9.47 Å². The van der Waals surface area contributed by atoms with Gasteiger partial charge in [-0.05, 0) is 13.0 Å². The second kappa shape index (κ2) is 7.66. The zero-order valence-electron chi connectivity index (χ0n) is 12.0. The van der Waals surface area contributed by atoms with E-state index in [1.165, 1.54) is 12.1 Å². The molecule has 0 spiro atoms. The number of nitrogens with zero attached hydrogens (tertiary/aromatic N) is 2. The first-order chi connectivity index (χ1) is 9.51. The summed E-state index contributed by atoms with van der Waals surface area (Å²) < 4.78 is 10.2. The number of methoxy groups -OCH3 is 2. The molecule has 1 aromatic carbocycles. The normalized spacial score (nSPS) is 12.2. The van der Waals surface area contributed by atoms with Crippen LogP contribution in [0.3, 0.4) is 0 Å². The van der Waals surface area contributed by atoms with Gasteiger partial charge in [-0.2, -0.15) is 0 Å². The third-order valence-corrected chi connectivity index (χ3v) is 3.01. The molecule has 0 aromatic heterocycles. The summed E-state index contributed by atoms with van der Waals surface area (Å²) in [5.74, 6) is 0. The number of ether oxygens (including phenoxy) is 2. The highest BCUT2D eigenvalue weighted by atomic mass is 16.6. The van der Waals surface area contributed by atoms with Crippen LogP contribution < -0.4 is 10.6 Å². The van der Waals surface area contributed by atoms with Gasteiger partial charge in [-0.3, -0.25) is 10.1 Å². The van der Waals surface area contributed by atoms with Gasteiger partial charge in [0.2, 0.25) is 0 Å². The predicted molar refractivity (Wildman–Crippen MR) is 78.1 cm³/mol. The second-order valence-corrected chi connectivity index (χ2v) is 4.49. The van der Waals surface area contributed by atoms with Crippen molar-refractivity contribution < 1.29 is 14.4 Å². The molecule has 1 rings (SSSR count). The van der Waals surface area contributed by atoms with Crippen LogP contribution in [0.25, 0.3) is 0 Å². The van der Waals surface area contributed by atoms with Crippen LogP contribution in [0.5, 0.6) is 0 Å². The number of nitro groups is 1. The lowest BCUT2D eigenvalue weighted by atomic mass is 10.2. The minimum atomic E-state index is -0.460. The molecule has 0 heterocycles. The van der Waals surface area contributed by atoms with E-state index >= 15 is 0 Å². The molecule has 1 aromatic rings. The molecule has 0 bridgehead atoms. The molecule has 0 aliphatic carbocycles. The maximum absolute atomic E-state index is 10.7. The Morgan fingerprint density at radius 3 is 2.60 bits per heavy atom. The smallest absolute Gasteiger partial charge is 0.271 e. The zero-order chi connectivity index (χ0) is 15.1. The first kappa shape index (κ1) is 16.2. The van der Waals surface area contributed by atoms with E-state index in [9.17, 15) is 10.1 Å². The summed E-state index contributed by atoms with van der Waals surface area (Å²) in [5.41, 5.74) is 7.04. The summed E-state index contributed by atoms with van der Waals surface area (Å²) in [4.78, 5) is 12.3. The highest BCUT2D eigenvalue weighted by Gasteiger charge is 2.18. The van der Waals surface area contributed by atoms with Gasteiger partial charge in [0.05, 0.1) is 29.5 Å². The average molecular weight is 283 g/mol. The number of anilines is 2. The van der Waals surface area contributed by atoms with E-state index in [4.69, 9.17) is 15.2 Å². The Bertz CT molecular complexity index is 453. The molecule has 2 N–H and O–H groups in total. The Balaban J connectivity index is 3.03. The third-order valence-electron chi connectivity index (χ3n) is 3.01. The molecule has 20 heavy (non-hydrogen) atoms. The lowest BCUT2D eigenvalue weighted by Crippen LogP contribution is -2.39. The molecular weight excluding hydrogens is 262 g/mol. The van der Waals surface area contributed by atoms with Crippen LogP contribution in [0.1, 0.15) is 6.92 Å². The van der Waals surface area contributed by atoms with Crippen LogP contribution in [0.2, 0.25) is 0 Å². The van der Waals surface area contributed by atoms with Gasteiger partial charge < -0.3 is 20.1 Å². The molecule has 1 unspecified atom stereocenters. The van der Waals surface area contributed by atoms with Crippen molar-refractivity contribution in [2.75, 3.05) is 44.6 Å². The topological polar surface area (TPSA) is 90.9 Å². The molecule has 0 aliphatic heterocycles. The van der Waals surface area contributed by atoms with Gasteiger partial charge in [0.25, 0.3) is 5.69 Å². The molecule has 112 valence electrons. The van der Waals surface area contributed by atoms with Gasteiger partial charge in [0, 0.05) is 38.9 Å². The highest BCUT2D eigenvalue weighted by Crippen LogP contribution is 2.29. The van der Waals surface area contributed by atoms with Crippen LogP contribution in [0.4, 0.5) is 17.1 Å². The second-order valence-electron chi connectivity index (χ2n) is 4.49. The number of hydrogen-bond acceptors (Lipinski definition) is 6. The zero-order valence-corrected chi connectivity index (χ0v) is 12.0. The molecule has 7 heteroatoms. The van der Waals surface area contributed by atoms with E-state index in [1.54, 1.807) is 20.3 Å².